The molecule has 64 heavy (non-hydrogen) atoms. The van der Waals surface area contributed by atoms with Crippen LogP contribution in [0.15, 0.2) is 237 Å². The van der Waals surface area contributed by atoms with Crippen molar-refractivity contribution < 1.29 is 4.74 Å². The average molecular weight is 822 g/mol. The average Bonchev–Trinajstić information content (AvgIpc) is 3.71. The van der Waals surface area contributed by atoms with Crippen molar-refractivity contribution in [3.63, 3.8) is 0 Å². The standard InChI is InChI=1S/C58H39N5O/c1-6-20-40(21-7-1)55-56(41-22-8-2-9-23-41)60-58(57(59-55)42-24-10-3-11-25-42)63-51-36-34-45(61(43-26-12-4-13-27-43)44-28-14-5-15-29-44)38-53(51)64-54-39-46(35-37-52(54)63)62-49-32-18-16-30-47(49)48-31-17-19-33-50(48)62/h1-39H. The first kappa shape index (κ1) is 37.1. The fourth-order valence-electron chi connectivity index (χ4n) is 9.06. The van der Waals surface area contributed by atoms with E-state index in [-0.39, 0.29) is 0 Å². The minimum absolute atomic E-state index is 0.690. The summed E-state index contributed by atoms with van der Waals surface area (Å²) >= 11 is 0. The summed E-state index contributed by atoms with van der Waals surface area (Å²) in [6.45, 7) is 0. The minimum atomic E-state index is 0.690. The molecule has 6 heteroatoms. The molecule has 0 N–H and O–H groups in total. The molecule has 0 radical (unpaired) electrons. The predicted molar refractivity (Wildman–Crippen MR) is 262 cm³/mol. The van der Waals surface area contributed by atoms with Crippen molar-refractivity contribution >= 4 is 56.1 Å². The van der Waals surface area contributed by atoms with Gasteiger partial charge in [-0.05, 0) is 60.7 Å². The molecule has 0 fully saturated rings. The van der Waals surface area contributed by atoms with Crippen LogP contribution in [-0.4, -0.2) is 14.5 Å². The second-order valence-electron chi connectivity index (χ2n) is 15.8. The van der Waals surface area contributed by atoms with E-state index in [4.69, 9.17) is 14.7 Å². The van der Waals surface area contributed by atoms with Crippen molar-refractivity contribution in [2.75, 3.05) is 9.80 Å². The van der Waals surface area contributed by atoms with E-state index in [1.54, 1.807) is 0 Å². The van der Waals surface area contributed by atoms with Gasteiger partial charge in [-0.2, -0.15) is 0 Å². The van der Waals surface area contributed by atoms with Crippen LogP contribution in [0.1, 0.15) is 0 Å². The van der Waals surface area contributed by atoms with Gasteiger partial charge in [-0.15, -0.1) is 0 Å². The predicted octanol–water partition coefficient (Wildman–Crippen LogP) is 15.6. The molecule has 0 amide bonds. The van der Waals surface area contributed by atoms with Crippen molar-refractivity contribution in [1.82, 2.24) is 14.5 Å². The van der Waals surface area contributed by atoms with Gasteiger partial charge in [0.1, 0.15) is 5.69 Å². The Hall–Kier alpha value is -8.74. The summed E-state index contributed by atoms with van der Waals surface area (Å²) in [6.07, 6.45) is 0. The Labute approximate surface area is 371 Å². The van der Waals surface area contributed by atoms with E-state index in [1.165, 1.54) is 10.8 Å². The summed E-state index contributed by atoms with van der Waals surface area (Å²) in [6, 6.07) is 82.1. The molecule has 0 aliphatic carbocycles. The van der Waals surface area contributed by atoms with E-state index in [9.17, 15) is 0 Å². The molecule has 11 aromatic rings. The maximum Gasteiger partial charge on any atom is 0.165 e. The lowest BCUT2D eigenvalue weighted by Gasteiger charge is -2.35. The van der Waals surface area contributed by atoms with E-state index in [0.29, 0.717) is 17.3 Å². The number of para-hydroxylation sites is 4. The Morgan fingerprint density at radius 1 is 0.359 bits per heavy atom. The zero-order chi connectivity index (χ0) is 42.4. The van der Waals surface area contributed by atoms with Crippen LogP contribution in [0.25, 0.3) is 61.3 Å². The Balaban J connectivity index is 1.13. The zero-order valence-corrected chi connectivity index (χ0v) is 34.7. The van der Waals surface area contributed by atoms with Crippen LogP contribution in [-0.2, 0) is 0 Å². The van der Waals surface area contributed by atoms with E-state index in [0.717, 1.165) is 78.9 Å². The number of benzene rings is 9. The molecule has 6 nitrogen and oxygen atoms in total. The molecule has 1 aliphatic heterocycles. The van der Waals surface area contributed by atoms with Gasteiger partial charge in [0, 0.05) is 56.7 Å². The first-order chi connectivity index (χ1) is 31.8. The number of rotatable bonds is 8. The summed E-state index contributed by atoms with van der Waals surface area (Å²) in [7, 11) is 0. The first-order valence-electron chi connectivity index (χ1n) is 21.5. The highest BCUT2D eigenvalue weighted by atomic mass is 16.5. The van der Waals surface area contributed by atoms with Crippen molar-refractivity contribution in [3.05, 3.63) is 237 Å². The first-order valence-corrected chi connectivity index (χ1v) is 21.5. The largest absolute Gasteiger partial charge is 0.453 e. The SMILES string of the molecule is c1ccc(-c2nc(-c3ccccc3)c(N3c4ccc(N(c5ccccc5)c5ccccc5)cc4Oc4cc(-n5c6ccccc6c6ccccc65)ccc43)nc2-c2ccccc2)cc1. The van der Waals surface area contributed by atoms with Gasteiger partial charge in [-0.25, -0.2) is 9.97 Å². The van der Waals surface area contributed by atoms with E-state index < -0.39 is 0 Å². The lowest BCUT2D eigenvalue weighted by Crippen LogP contribution is -2.20. The molecule has 3 heterocycles. The van der Waals surface area contributed by atoms with Gasteiger partial charge in [0.25, 0.3) is 0 Å². The van der Waals surface area contributed by atoms with Crippen molar-refractivity contribution in [3.8, 4) is 51.0 Å². The molecule has 0 spiro atoms. The molecule has 0 bridgehead atoms. The number of nitrogens with zero attached hydrogens (tertiary/aromatic N) is 5. The second-order valence-corrected chi connectivity index (χ2v) is 15.8. The zero-order valence-electron chi connectivity index (χ0n) is 34.7. The minimum Gasteiger partial charge on any atom is -0.453 e. The van der Waals surface area contributed by atoms with E-state index in [1.807, 2.05) is 30.3 Å². The van der Waals surface area contributed by atoms with Gasteiger partial charge in [0.2, 0.25) is 0 Å². The van der Waals surface area contributed by atoms with Gasteiger partial charge in [-0.1, -0.05) is 164 Å². The number of hydrogen-bond acceptors (Lipinski definition) is 5. The monoisotopic (exact) mass is 821 g/mol. The maximum absolute atomic E-state index is 7.18. The molecule has 0 saturated heterocycles. The van der Waals surface area contributed by atoms with E-state index in [2.05, 4.69) is 221 Å². The highest BCUT2D eigenvalue weighted by molar-refractivity contribution is 6.09. The van der Waals surface area contributed by atoms with Gasteiger partial charge >= 0.3 is 0 Å². The Morgan fingerprint density at radius 2 is 0.797 bits per heavy atom. The van der Waals surface area contributed by atoms with Crippen LogP contribution < -0.4 is 14.5 Å². The van der Waals surface area contributed by atoms with Gasteiger partial charge in [0.15, 0.2) is 17.3 Å². The van der Waals surface area contributed by atoms with Crippen molar-refractivity contribution in [2.24, 2.45) is 0 Å². The van der Waals surface area contributed by atoms with Crippen LogP contribution in [0.4, 0.5) is 34.3 Å². The smallest absolute Gasteiger partial charge is 0.165 e. The molecule has 12 rings (SSSR count). The van der Waals surface area contributed by atoms with Gasteiger partial charge in [0.05, 0.1) is 39.5 Å². The lowest BCUT2D eigenvalue weighted by molar-refractivity contribution is 0.476. The quantitative estimate of drug-likeness (QED) is 0.153. The number of fused-ring (bicyclic) bond motifs is 5. The molecule has 2 aromatic heterocycles. The van der Waals surface area contributed by atoms with Crippen LogP contribution in [0.2, 0.25) is 0 Å². The summed E-state index contributed by atoms with van der Waals surface area (Å²) in [5.74, 6) is 2.08. The normalized spacial score (nSPS) is 11.8. The highest BCUT2D eigenvalue weighted by Gasteiger charge is 2.32. The highest BCUT2D eigenvalue weighted by Crippen LogP contribution is 2.54. The third-order valence-electron chi connectivity index (χ3n) is 11.9. The number of anilines is 6. The summed E-state index contributed by atoms with van der Waals surface area (Å²) in [4.78, 5) is 15.8. The fraction of sp³-hybridized carbons (Fsp3) is 0. The number of ether oxygens (including phenoxy) is 1. The summed E-state index contributed by atoms with van der Waals surface area (Å²) in [5.41, 5.74) is 13.2. The molecule has 9 aromatic carbocycles. The maximum atomic E-state index is 7.18. The molecular weight excluding hydrogens is 783 g/mol. The molecule has 0 saturated carbocycles. The second kappa shape index (κ2) is 15.6. The molecule has 1 aliphatic rings. The van der Waals surface area contributed by atoms with Crippen LogP contribution in [0.5, 0.6) is 11.5 Å². The van der Waals surface area contributed by atoms with Crippen LogP contribution >= 0.6 is 0 Å². The van der Waals surface area contributed by atoms with Crippen molar-refractivity contribution in [1.29, 1.82) is 0 Å². The molecular formula is C58H39N5O. The van der Waals surface area contributed by atoms with E-state index >= 15 is 0 Å². The topological polar surface area (TPSA) is 46.4 Å². The van der Waals surface area contributed by atoms with Gasteiger partial charge < -0.3 is 14.2 Å². The third-order valence-corrected chi connectivity index (χ3v) is 11.9. The Bertz CT molecular complexity index is 3370. The van der Waals surface area contributed by atoms with Crippen LogP contribution in [0, 0.1) is 0 Å². The lowest BCUT2D eigenvalue weighted by atomic mass is 10.0. The summed E-state index contributed by atoms with van der Waals surface area (Å²) in [5, 5.41) is 2.40. The molecule has 302 valence electrons. The van der Waals surface area contributed by atoms with Crippen molar-refractivity contribution in [2.45, 2.75) is 0 Å². The molecule has 0 atom stereocenters. The molecule has 0 unspecified atom stereocenters. The van der Waals surface area contributed by atoms with Gasteiger partial charge in [-0.3, -0.25) is 4.90 Å². The third kappa shape index (κ3) is 6.36. The summed E-state index contributed by atoms with van der Waals surface area (Å²) < 4.78 is 9.51. The number of hydrogen-bond donors (Lipinski definition) is 0. The Kier molecular flexibility index (Phi) is 9.05. The number of aromatic nitrogens is 3. The fourth-order valence-corrected chi connectivity index (χ4v) is 9.06. The Morgan fingerprint density at radius 3 is 1.34 bits per heavy atom. The van der Waals surface area contributed by atoms with Crippen LogP contribution in [0.3, 0.4) is 0 Å².